The van der Waals surface area contributed by atoms with E-state index in [1.54, 1.807) is 0 Å². The summed E-state index contributed by atoms with van der Waals surface area (Å²) >= 11 is 1.37. The number of ether oxygens (including phenoxy) is 1. The van der Waals surface area contributed by atoms with E-state index in [4.69, 9.17) is 15.1 Å². The molecule has 2 aromatic carbocycles. The summed E-state index contributed by atoms with van der Waals surface area (Å²) in [5, 5.41) is 12.8. The van der Waals surface area contributed by atoms with Crippen LogP contribution in [-0.2, 0) is 12.4 Å². The van der Waals surface area contributed by atoms with Crippen molar-refractivity contribution in [3.63, 3.8) is 0 Å². The number of aryl methyl sites for hydroxylation is 2. The molecule has 8 nitrogen and oxygen atoms in total. The molecule has 0 amide bonds. The average molecular weight is 408 g/mol. The third-order valence-electron chi connectivity index (χ3n) is 4.31. The summed E-state index contributed by atoms with van der Waals surface area (Å²) in [5.74, 6) is 8.98. The number of nitrogens with two attached hydrogens (primary N) is 1. The minimum atomic E-state index is 0.231. The maximum atomic E-state index is 6.13. The van der Waals surface area contributed by atoms with Crippen molar-refractivity contribution in [3.8, 4) is 17.1 Å². The Morgan fingerprint density at radius 3 is 2.55 bits per heavy atom. The lowest BCUT2D eigenvalue weighted by Gasteiger charge is -2.11. The van der Waals surface area contributed by atoms with Gasteiger partial charge in [-0.2, -0.15) is 4.98 Å². The Bertz CT molecular complexity index is 1090. The van der Waals surface area contributed by atoms with Gasteiger partial charge in [0.1, 0.15) is 12.4 Å². The Labute approximate surface area is 172 Å². The van der Waals surface area contributed by atoms with Crippen LogP contribution in [0.2, 0.25) is 0 Å². The highest BCUT2D eigenvalue weighted by atomic mass is 32.2. The topological polar surface area (TPSA) is 105 Å². The van der Waals surface area contributed by atoms with Gasteiger partial charge in [-0.15, -0.1) is 10.2 Å². The molecule has 0 aliphatic heterocycles. The number of rotatable bonds is 7. The first-order chi connectivity index (χ1) is 14.1. The maximum absolute atomic E-state index is 6.13. The van der Waals surface area contributed by atoms with Crippen LogP contribution in [0.5, 0.6) is 5.75 Å². The predicted molar refractivity (Wildman–Crippen MR) is 110 cm³/mol. The zero-order valence-electron chi connectivity index (χ0n) is 16.1. The van der Waals surface area contributed by atoms with E-state index in [2.05, 4.69) is 20.3 Å². The quantitative estimate of drug-likeness (QED) is 0.366. The number of benzene rings is 2. The minimum absolute atomic E-state index is 0.231. The van der Waals surface area contributed by atoms with E-state index in [9.17, 15) is 0 Å². The number of nitrogen functional groups attached to an aromatic ring is 1. The summed E-state index contributed by atoms with van der Waals surface area (Å²) in [6, 6.07) is 15.7. The molecule has 0 radical (unpaired) electrons. The molecular formula is C20H20N6O2S. The smallest absolute Gasteiger partial charge is 0.237 e. The standard InChI is InChI=1S/C20H20N6O2S/c1-13-7-6-8-14(2)18(13)27-11-16-23-24-20(26(16)21)29-12-17-22-19(25-28-17)15-9-4-3-5-10-15/h3-10H,11-12,21H2,1-2H3. The van der Waals surface area contributed by atoms with Gasteiger partial charge in [0.15, 0.2) is 5.82 Å². The molecule has 0 aliphatic carbocycles. The third kappa shape index (κ3) is 4.24. The Morgan fingerprint density at radius 1 is 1.03 bits per heavy atom. The Hall–Kier alpha value is -3.33. The van der Waals surface area contributed by atoms with Crippen LogP contribution in [0.15, 0.2) is 58.2 Å². The van der Waals surface area contributed by atoms with Gasteiger partial charge in [0.05, 0.1) is 5.75 Å². The van der Waals surface area contributed by atoms with E-state index in [0.717, 1.165) is 22.4 Å². The molecule has 4 rings (SSSR count). The first-order valence-electron chi connectivity index (χ1n) is 9.01. The number of hydrogen-bond acceptors (Lipinski definition) is 8. The highest BCUT2D eigenvalue weighted by molar-refractivity contribution is 7.98. The Kier molecular flexibility index (Phi) is 5.48. The summed E-state index contributed by atoms with van der Waals surface area (Å²) in [5.41, 5.74) is 3.03. The van der Waals surface area contributed by atoms with Crippen molar-refractivity contribution in [2.45, 2.75) is 31.4 Å². The van der Waals surface area contributed by atoms with E-state index in [1.165, 1.54) is 16.4 Å². The van der Waals surface area contributed by atoms with E-state index in [1.807, 2.05) is 62.4 Å². The molecule has 0 unspecified atom stereocenters. The van der Waals surface area contributed by atoms with Gasteiger partial charge in [0, 0.05) is 5.56 Å². The number of aromatic nitrogens is 5. The molecule has 2 aromatic heterocycles. The SMILES string of the molecule is Cc1cccc(C)c1OCc1nnc(SCc2nc(-c3ccccc3)no2)n1N. The third-order valence-corrected chi connectivity index (χ3v) is 5.24. The van der Waals surface area contributed by atoms with Crippen molar-refractivity contribution < 1.29 is 9.26 Å². The summed E-state index contributed by atoms with van der Waals surface area (Å²) in [4.78, 5) is 4.41. The van der Waals surface area contributed by atoms with Crippen molar-refractivity contribution in [3.05, 3.63) is 71.4 Å². The number of para-hydroxylation sites is 1. The zero-order chi connectivity index (χ0) is 20.2. The first-order valence-corrected chi connectivity index (χ1v) is 9.99. The van der Waals surface area contributed by atoms with Gasteiger partial charge >= 0.3 is 0 Å². The summed E-state index contributed by atoms with van der Waals surface area (Å²) in [7, 11) is 0. The lowest BCUT2D eigenvalue weighted by Crippen LogP contribution is -2.16. The summed E-state index contributed by atoms with van der Waals surface area (Å²) < 4.78 is 12.6. The van der Waals surface area contributed by atoms with Crippen LogP contribution in [-0.4, -0.2) is 25.0 Å². The molecule has 0 aliphatic rings. The van der Waals surface area contributed by atoms with Crippen molar-refractivity contribution in [1.29, 1.82) is 0 Å². The van der Waals surface area contributed by atoms with Gasteiger partial charge < -0.3 is 15.1 Å². The van der Waals surface area contributed by atoms with Gasteiger partial charge in [-0.1, -0.05) is 65.4 Å². The molecule has 148 valence electrons. The fourth-order valence-corrected chi connectivity index (χ4v) is 3.52. The fourth-order valence-electron chi connectivity index (χ4n) is 2.81. The average Bonchev–Trinajstić information content (AvgIpc) is 3.34. The van der Waals surface area contributed by atoms with Crippen LogP contribution in [0.4, 0.5) is 0 Å². The van der Waals surface area contributed by atoms with Crippen LogP contribution < -0.4 is 10.6 Å². The van der Waals surface area contributed by atoms with E-state index in [0.29, 0.717) is 28.4 Å². The number of thioether (sulfide) groups is 1. The van der Waals surface area contributed by atoms with Crippen LogP contribution >= 0.6 is 11.8 Å². The van der Waals surface area contributed by atoms with E-state index in [-0.39, 0.29) is 6.61 Å². The molecule has 4 aromatic rings. The lowest BCUT2D eigenvalue weighted by atomic mass is 10.1. The van der Waals surface area contributed by atoms with Crippen molar-refractivity contribution in [1.82, 2.24) is 25.0 Å². The summed E-state index contributed by atoms with van der Waals surface area (Å²) in [6.45, 7) is 4.24. The number of nitrogens with zero attached hydrogens (tertiary/aromatic N) is 5. The predicted octanol–water partition coefficient (Wildman–Crippen LogP) is 3.53. The molecule has 29 heavy (non-hydrogen) atoms. The molecule has 0 spiro atoms. The molecule has 2 heterocycles. The normalized spacial score (nSPS) is 11.0. The molecule has 9 heteroatoms. The highest BCUT2D eigenvalue weighted by Crippen LogP contribution is 2.25. The molecular weight excluding hydrogens is 388 g/mol. The molecule has 0 saturated carbocycles. The second kappa shape index (κ2) is 8.36. The van der Waals surface area contributed by atoms with Gasteiger partial charge in [0.25, 0.3) is 0 Å². The maximum Gasteiger partial charge on any atom is 0.237 e. The van der Waals surface area contributed by atoms with Gasteiger partial charge in [-0.3, -0.25) is 0 Å². The van der Waals surface area contributed by atoms with E-state index < -0.39 is 0 Å². The lowest BCUT2D eigenvalue weighted by molar-refractivity contribution is 0.288. The van der Waals surface area contributed by atoms with Crippen LogP contribution in [0.1, 0.15) is 22.8 Å². The van der Waals surface area contributed by atoms with Crippen molar-refractivity contribution >= 4 is 11.8 Å². The monoisotopic (exact) mass is 408 g/mol. The molecule has 0 fully saturated rings. The second-order valence-electron chi connectivity index (χ2n) is 6.44. The van der Waals surface area contributed by atoms with Gasteiger partial charge in [-0.05, 0) is 25.0 Å². The molecule has 2 N–H and O–H groups in total. The van der Waals surface area contributed by atoms with Crippen LogP contribution in [0.3, 0.4) is 0 Å². The van der Waals surface area contributed by atoms with Gasteiger partial charge in [0.2, 0.25) is 16.9 Å². The fraction of sp³-hybridized carbons (Fsp3) is 0.200. The first kappa shape index (κ1) is 19.0. The zero-order valence-corrected chi connectivity index (χ0v) is 16.9. The van der Waals surface area contributed by atoms with Gasteiger partial charge in [-0.25, -0.2) is 4.68 Å². The van der Waals surface area contributed by atoms with Crippen LogP contribution in [0.25, 0.3) is 11.4 Å². The molecule has 0 bridgehead atoms. The van der Waals surface area contributed by atoms with Crippen molar-refractivity contribution in [2.24, 2.45) is 0 Å². The van der Waals surface area contributed by atoms with Crippen molar-refractivity contribution in [2.75, 3.05) is 5.84 Å². The molecule has 0 atom stereocenters. The minimum Gasteiger partial charge on any atom is -0.485 e. The summed E-state index contributed by atoms with van der Waals surface area (Å²) in [6.07, 6.45) is 0. The largest absolute Gasteiger partial charge is 0.485 e. The Morgan fingerprint density at radius 2 is 1.79 bits per heavy atom. The molecule has 0 saturated heterocycles. The Balaban J connectivity index is 1.39. The second-order valence-corrected chi connectivity index (χ2v) is 7.39. The van der Waals surface area contributed by atoms with Crippen LogP contribution in [0, 0.1) is 13.8 Å². The van der Waals surface area contributed by atoms with E-state index >= 15 is 0 Å². The number of hydrogen-bond donors (Lipinski definition) is 1. The highest BCUT2D eigenvalue weighted by Gasteiger charge is 2.15.